The fraction of sp³-hybridized carbons (Fsp3) is 0.100. The molecular formula is C20H17N5O. The Labute approximate surface area is 150 Å². The Bertz CT molecular complexity index is 1070. The molecule has 26 heavy (non-hydrogen) atoms. The molecule has 0 fully saturated rings. The molecule has 6 heteroatoms. The van der Waals surface area contributed by atoms with Gasteiger partial charge in [-0.25, -0.2) is 9.97 Å². The molecule has 1 amide bonds. The van der Waals surface area contributed by atoms with Gasteiger partial charge in [0.05, 0.1) is 18.1 Å². The molecule has 4 aromatic rings. The molecule has 2 aromatic carbocycles. The summed E-state index contributed by atoms with van der Waals surface area (Å²) in [4.78, 5) is 20.9. The predicted octanol–water partition coefficient (Wildman–Crippen LogP) is 3.21. The Morgan fingerprint density at radius 1 is 1.08 bits per heavy atom. The van der Waals surface area contributed by atoms with Gasteiger partial charge in [0.25, 0.3) is 0 Å². The van der Waals surface area contributed by atoms with Crippen molar-refractivity contribution < 1.29 is 4.79 Å². The minimum atomic E-state index is -0.140. The lowest BCUT2D eigenvalue weighted by Crippen LogP contribution is -2.16. The molecule has 2 aromatic heterocycles. The van der Waals surface area contributed by atoms with Crippen LogP contribution in [0.2, 0.25) is 0 Å². The summed E-state index contributed by atoms with van der Waals surface area (Å²) in [5, 5.41) is 7.88. The number of aryl methyl sites for hydroxylation is 1. The third-order valence-corrected chi connectivity index (χ3v) is 4.08. The molecule has 0 radical (unpaired) electrons. The number of rotatable bonds is 4. The highest BCUT2D eigenvalue weighted by molar-refractivity contribution is 5.92. The van der Waals surface area contributed by atoms with Crippen molar-refractivity contribution in [3.8, 4) is 11.1 Å². The lowest BCUT2D eigenvalue weighted by molar-refractivity contribution is -0.115. The molecule has 4 rings (SSSR count). The van der Waals surface area contributed by atoms with E-state index in [0.29, 0.717) is 5.95 Å². The second-order valence-electron chi connectivity index (χ2n) is 6.08. The number of nitrogens with zero attached hydrogens (tertiary/aromatic N) is 4. The summed E-state index contributed by atoms with van der Waals surface area (Å²) >= 11 is 0. The zero-order valence-corrected chi connectivity index (χ0v) is 14.3. The summed E-state index contributed by atoms with van der Waals surface area (Å²) in [6.07, 6.45) is 5.77. The van der Waals surface area contributed by atoms with Gasteiger partial charge in [-0.2, -0.15) is 5.10 Å². The first-order valence-electron chi connectivity index (χ1n) is 8.27. The molecule has 2 heterocycles. The largest absolute Gasteiger partial charge is 0.294 e. The first-order chi connectivity index (χ1) is 12.7. The van der Waals surface area contributed by atoms with E-state index in [1.807, 2.05) is 68.0 Å². The van der Waals surface area contributed by atoms with Crippen LogP contribution in [0, 0.1) is 0 Å². The van der Waals surface area contributed by atoms with Crippen molar-refractivity contribution in [2.24, 2.45) is 7.05 Å². The van der Waals surface area contributed by atoms with Crippen LogP contribution in [0.4, 0.5) is 5.95 Å². The zero-order valence-electron chi connectivity index (χ0n) is 14.3. The van der Waals surface area contributed by atoms with Gasteiger partial charge in [0.15, 0.2) is 0 Å². The van der Waals surface area contributed by atoms with Crippen molar-refractivity contribution in [1.82, 2.24) is 19.7 Å². The number of nitrogens with one attached hydrogen (secondary N) is 1. The highest BCUT2D eigenvalue weighted by Crippen LogP contribution is 2.23. The number of hydrogen-bond donors (Lipinski definition) is 1. The standard InChI is InChI=1S/C20H17N5O/c1-25-13-17(12-22-25)15-7-8-16-11-21-20(23-18(16)10-15)24-19(26)9-14-5-3-2-4-6-14/h2-8,10-13H,9H2,1H3,(H,21,23,24,26). The monoisotopic (exact) mass is 343 g/mol. The van der Waals surface area contributed by atoms with Crippen LogP contribution in [0.25, 0.3) is 22.0 Å². The fourth-order valence-electron chi connectivity index (χ4n) is 2.78. The number of carbonyl (C=O) groups excluding carboxylic acids is 1. The molecule has 0 saturated heterocycles. The number of aromatic nitrogens is 4. The van der Waals surface area contributed by atoms with E-state index in [4.69, 9.17) is 0 Å². The third-order valence-electron chi connectivity index (χ3n) is 4.08. The first kappa shape index (κ1) is 16.0. The van der Waals surface area contributed by atoms with E-state index in [0.717, 1.165) is 27.6 Å². The van der Waals surface area contributed by atoms with Crippen LogP contribution in [-0.4, -0.2) is 25.7 Å². The number of fused-ring (bicyclic) bond motifs is 1. The molecule has 0 aliphatic rings. The van der Waals surface area contributed by atoms with Gasteiger partial charge in [0.2, 0.25) is 11.9 Å². The zero-order chi connectivity index (χ0) is 17.9. The van der Waals surface area contributed by atoms with Crippen molar-refractivity contribution in [1.29, 1.82) is 0 Å². The van der Waals surface area contributed by atoms with Crippen LogP contribution >= 0.6 is 0 Å². The van der Waals surface area contributed by atoms with Crippen LogP contribution in [0.5, 0.6) is 0 Å². The number of anilines is 1. The van der Waals surface area contributed by atoms with Gasteiger partial charge in [-0.1, -0.05) is 42.5 Å². The third kappa shape index (κ3) is 3.44. The van der Waals surface area contributed by atoms with Crippen LogP contribution in [-0.2, 0) is 18.3 Å². The Balaban J connectivity index is 1.57. The number of hydrogen-bond acceptors (Lipinski definition) is 4. The average Bonchev–Trinajstić information content (AvgIpc) is 3.08. The van der Waals surface area contributed by atoms with Crippen molar-refractivity contribution in [3.63, 3.8) is 0 Å². The lowest BCUT2D eigenvalue weighted by Gasteiger charge is -2.06. The topological polar surface area (TPSA) is 72.7 Å². The number of carbonyl (C=O) groups is 1. The lowest BCUT2D eigenvalue weighted by atomic mass is 10.1. The Morgan fingerprint density at radius 3 is 2.69 bits per heavy atom. The van der Waals surface area contributed by atoms with Crippen molar-refractivity contribution in [2.45, 2.75) is 6.42 Å². The van der Waals surface area contributed by atoms with Crippen molar-refractivity contribution >= 4 is 22.8 Å². The van der Waals surface area contributed by atoms with Gasteiger partial charge >= 0.3 is 0 Å². The SMILES string of the molecule is Cn1cc(-c2ccc3cnc(NC(=O)Cc4ccccc4)nc3c2)cn1. The minimum Gasteiger partial charge on any atom is -0.294 e. The van der Waals surface area contributed by atoms with Crippen LogP contribution in [0.3, 0.4) is 0 Å². The molecule has 0 saturated carbocycles. The molecular weight excluding hydrogens is 326 g/mol. The summed E-state index contributed by atoms with van der Waals surface area (Å²) in [5.74, 6) is 0.167. The molecule has 0 spiro atoms. The second-order valence-corrected chi connectivity index (χ2v) is 6.08. The van der Waals surface area contributed by atoms with E-state index in [9.17, 15) is 4.79 Å². The summed E-state index contributed by atoms with van der Waals surface area (Å²) in [6, 6.07) is 15.5. The Kier molecular flexibility index (Phi) is 4.15. The molecule has 0 aliphatic heterocycles. The maximum absolute atomic E-state index is 12.2. The van der Waals surface area contributed by atoms with E-state index < -0.39 is 0 Å². The van der Waals surface area contributed by atoms with E-state index in [1.54, 1.807) is 10.9 Å². The van der Waals surface area contributed by atoms with Gasteiger partial charge in [-0.05, 0) is 17.2 Å². The maximum atomic E-state index is 12.2. The van der Waals surface area contributed by atoms with E-state index in [1.165, 1.54) is 0 Å². The quantitative estimate of drug-likeness (QED) is 0.617. The molecule has 6 nitrogen and oxygen atoms in total. The molecule has 0 atom stereocenters. The fourth-order valence-corrected chi connectivity index (χ4v) is 2.78. The van der Waals surface area contributed by atoms with Crippen LogP contribution in [0.15, 0.2) is 67.1 Å². The summed E-state index contributed by atoms with van der Waals surface area (Å²) in [5.41, 5.74) is 3.76. The molecule has 128 valence electrons. The van der Waals surface area contributed by atoms with Gasteiger partial charge in [0, 0.05) is 30.4 Å². The van der Waals surface area contributed by atoms with E-state index in [2.05, 4.69) is 20.4 Å². The first-order valence-corrected chi connectivity index (χ1v) is 8.27. The highest BCUT2D eigenvalue weighted by atomic mass is 16.1. The van der Waals surface area contributed by atoms with Crippen LogP contribution < -0.4 is 5.32 Å². The van der Waals surface area contributed by atoms with Crippen molar-refractivity contribution in [2.75, 3.05) is 5.32 Å². The summed E-state index contributed by atoms with van der Waals surface area (Å²) < 4.78 is 1.76. The normalized spacial score (nSPS) is 10.8. The molecule has 0 aliphatic carbocycles. The maximum Gasteiger partial charge on any atom is 0.231 e. The average molecular weight is 343 g/mol. The summed E-state index contributed by atoms with van der Waals surface area (Å²) in [6.45, 7) is 0. The summed E-state index contributed by atoms with van der Waals surface area (Å²) in [7, 11) is 1.88. The number of benzene rings is 2. The van der Waals surface area contributed by atoms with Gasteiger partial charge < -0.3 is 0 Å². The number of amides is 1. The molecule has 1 N–H and O–H groups in total. The van der Waals surface area contributed by atoms with Crippen molar-refractivity contribution in [3.05, 3.63) is 72.7 Å². The van der Waals surface area contributed by atoms with E-state index >= 15 is 0 Å². The predicted molar refractivity (Wildman–Crippen MR) is 101 cm³/mol. The molecule has 0 unspecified atom stereocenters. The second kappa shape index (κ2) is 6.76. The Hall–Kier alpha value is -3.54. The van der Waals surface area contributed by atoms with Gasteiger partial charge in [-0.3, -0.25) is 14.8 Å². The highest BCUT2D eigenvalue weighted by Gasteiger charge is 2.08. The van der Waals surface area contributed by atoms with E-state index in [-0.39, 0.29) is 12.3 Å². The minimum absolute atomic E-state index is 0.140. The Morgan fingerprint density at radius 2 is 1.92 bits per heavy atom. The van der Waals surface area contributed by atoms with Gasteiger partial charge in [-0.15, -0.1) is 0 Å². The molecule has 0 bridgehead atoms. The smallest absolute Gasteiger partial charge is 0.231 e. The van der Waals surface area contributed by atoms with Crippen LogP contribution in [0.1, 0.15) is 5.56 Å². The van der Waals surface area contributed by atoms with Gasteiger partial charge in [0.1, 0.15) is 0 Å².